The lowest BCUT2D eigenvalue weighted by molar-refractivity contribution is 0.441. The molecule has 0 unspecified atom stereocenters. The number of aromatic nitrogens is 2. The average Bonchev–Trinajstić information content (AvgIpc) is 2.99. The normalized spacial score (nSPS) is 16.0. The van der Waals surface area contributed by atoms with Gasteiger partial charge in [0.15, 0.2) is 0 Å². The molecule has 0 atom stereocenters. The van der Waals surface area contributed by atoms with E-state index < -0.39 is 10.0 Å². The summed E-state index contributed by atoms with van der Waals surface area (Å²) in [6, 6.07) is 11.1. The number of aryl methyl sites for hydroxylation is 2. The second-order valence-electron chi connectivity index (χ2n) is 6.69. The Morgan fingerprint density at radius 1 is 1.15 bits per heavy atom. The third kappa shape index (κ3) is 2.85. The summed E-state index contributed by atoms with van der Waals surface area (Å²) in [5, 5.41) is 1.11. The molecule has 0 fully saturated rings. The Balaban J connectivity index is 1.64. The predicted molar refractivity (Wildman–Crippen MR) is 103 cm³/mol. The van der Waals surface area contributed by atoms with Crippen LogP contribution in [0.25, 0.3) is 16.6 Å². The monoisotopic (exact) mass is 367 g/mol. The zero-order valence-electron chi connectivity index (χ0n) is 14.9. The summed E-state index contributed by atoms with van der Waals surface area (Å²) < 4.78 is 29.3. The van der Waals surface area contributed by atoms with Crippen LogP contribution in [-0.2, 0) is 17.1 Å². The Morgan fingerprint density at radius 2 is 2.00 bits per heavy atom. The molecule has 0 amide bonds. The summed E-state index contributed by atoms with van der Waals surface area (Å²) in [4.78, 5) is 4.79. The van der Waals surface area contributed by atoms with E-state index in [1.165, 1.54) is 5.57 Å². The Morgan fingerprint density at radius 3 is 2.73 bits per heavy atom. The quantitative estimate of drug-likeness (QED) is 0.713. The Kier molecular flexibility index (Phi) is 4.17. The van der Waals surface area contributed by atoms with Gasteiger partial charge in [0.1, 0.15) is 5.65 Å². The fourth-order valence-electron chi connectivity index (χ4n) is 3.51. The van der Waals surface area contributed by atoms with E-state index in [0.29, 0.717) is 24.4 Å². The van der Waals surface area contributed by atoms with Crippen LogP contribution in [0.1, 0.15) is 17.5 Å². The Bertz CT molecular complexity index is 1110. The van der Waals surface area contributed by atoms with Crippen molar-refractivity contribution in [2.45, 2.75) is 18.2 Å². The number of rotatable bonds is 3. The van der Waals surface area contributed by atoms with Gasteiger partial charge in [-0.2, -0.15) is 4.31 Å². The van der Waals surface area contributed by atoms with Crippen molar-refractivity contribution < 1.29 is 8.42 Å². The predicted octanol–water partition coefficient (Wildman–Crippen LogP) is 3.36. The first-order valence-electron chi connectivity index (χ1n) is 8.63. The van der Waals surface area contributed by atoms with E-state index in [1.54, 1.807) is 28.7 Å². The zero-order chi connectivity index (χ0) is 18.3. The molecular weight excluding hydrogens is 346 g/mol. The highest BCUT2D eigenvalue weighted by Gasteiger charge is 2.27. The number of fused-ring (bicyclic) bond motifs is 1. The molecule has 5 nitrogen and oxygen atoms in total. The molecule has 134 valence electrons. The maximum atomic E-state index is 12.9. The van der Waals surface area contributed by atoms with Crippen molar-refractivity contribution in [3.8, 4) is 0 Å². The van der Waals surface area contributed by atoms with Gasteiger partial charge in [-0.05, 0) is 48.7 Å². The maximum absolute atomic E-state index is 12.9. The molecule has 1 aromatic carbocycles. The van der Waals surface area contributed by atoms with E-state index in [0.717, 1.165) is 22.2 Å². The summed E-state index contributed by atoms with van der Waals surface area (Å²) >= 11 is 0. The van der Waals surface area contributed by atoms with Gasteiger partial charge in [-0.15, -0.1) is 0 Å². The molecule has 0 N–H and O–H groups in total. The molecule has 0 spiro atoms. The van der Waals surface area contributed by atoms with Gasteiger partial charge in [-0.1, -0.05) is 18.2 Å². The molecular formula is C20H21N3O2S. The van der Waals surface area contributed by atoms with Crippen LogP contribution < -0.4 is 0 Å². The van der Waals surface area contributed by atoms with E-state index in [9.17, 15) is 8.42 Å². The van der Waals surface area contributed by atoms with Crippen LogP contribution in [0, 0.1) is 6.92 Å². The topological polar surface area (TPSA) is 55.2 Å². The fourth-order valence-corrected chi connectivity index (χ4v) is 4.99. The minimum absolute atomic E-state index is 0.365. The van der Waals surface area contributed by atoms with Crippen molar-refractivity contribution in [3.05, 3.63) is 66.0 Å². The zero-order valence-corrected chi connectivity index (χ0v) is 15.7. The van der Waals surface area contributed by atoms with Crippen LogP contribution in [0.5, 0.6) is 0 Å². The molecule has 6 heteroatoms. The van der Waals surface area contributed by atoms with Crippen LogP contribution >= 0.6 is 0 Å². The smallest absolute Gasteiger partial charge is 0.243 e. The molecule has 26 heavy (non-hydrogen) atoms. The lowest BCUT2D eigenvalue weighted by Crippen LogP contribution is -2.34. The SMILES string of the molecule is Cc1cccc(S(=O)(=O)N2CC=C(c3cn(C)c4ncccc34)CC2)c1. The van der Waals surface area contributed by atoms with Crippen LogP contribution in [0.2, 0.25) is 0 Å². The minimum Gasteiger partial charge on any atom is -0.335 e. The standard InChI is InChI=1S/C20H21N3O2S/c1-15-5-3-6-17(13-15)26(24,25)23-11-8-16(9-12-23)19-14-22(2)20-18(19)7-4-10-21-20/h3-8,10,13-14H,9,11-12H2,1-2H3. The molecule has 1 aliphatic heterocycles. The van der Waals surface area contributed by atoms with Crippen LogP contribution in [0.3, 0.4) is 0 Å². The average molecular weight is 367 g/mol. The molecule has 0 bridgehead atoms. The van der Waals surface area contributed by atoms with Crippen molar-refractivity contribution in [1.82, 2.24) is 13.9 Å². The molecule has 1 aliphatic rings. The number of sulfonamides is 1. The largest absolute Gasteiger partial charge is 0.335 e. The highest BCUT2D eigenvalue weighted by Crippen LogP contribution is 2.31. The number of hydrogen-bond acceptors (Lipinski definition) is 3. The fraction of sp³-hybridized carbons (Fsp3) is 0.250. The maximum Gasteiger partial charge on any atom is 0.243 e. The summed E-state index contributed by atoms with van der Waals surface area (Å²) in [7, 11) is -1.47. The van der Waals surface area contributed by atoms with Crippen molar-refractivity contribution in [1.29, 1.82) is 0 Å². The summed E-state index contributed by atoms with van der Waals surface area (Å²) in [6.45, 7) is 2.78. The highest BCUT2D eigenvalue weighted by atomic mass is 32.2. The van der Waals surface area contributed by atoms with Crippen molar-refractivity contribution in [3.63, 3.8) is 0 Å². The van der Waals surface area contributed by atoms with Gasteiger partial charge < -0.3 is 4.57 Å². The lowest BCUT2D eigenvalue weighted by Gasteiger charge is -2.26. The summed E-state index contributed by atoms with van der Waals surface area (Å²) in [5.41, 5.74) is 4.21. The van der Waals surface area contributed by atoms with Crippen LogP contribution in [0.4, 0.5) is 0 Å². The first kappa shape index (κ1) is 17.0. The van der Waals surface area contributed by atoms with Gasteiger partial charge >= 0.3 is 0 Å². The van der Waals surface area contributed by atoms with Gasteiger partial charge in [0.25, 0.3) is 0 Å². The van der Waals surface area contributed by atoms with Gasteiger partial charge in [-0.25, -0.2) is 13.4 Å². The van der Waals surface area contributed by atoms with E-state index in [2.05, 4.69) is 17.2 Å². The summed E-state index contributed by atoms with van der Waals surface area (Å²) in [6.07, 6.45) is 6.59. The van der Waals surface area contributed by atoms with Gasteiger partial charge in [0.2, 0.25) is 10.0 Å². The molecule has 3 aromatic rings. The van der Waals surface area contributed by atoms with E-state index >= 15 is 0 Å². The third-order valence-electron chi connectivity index (χ3n) is 4.88. The molecule has 4 rings (SSSR count). The first-order chi connectivity index (χ1) is 12.5. The van der Waals surface area contributed by atoms with Gasteiger partial charge in [0, 0.05) is 43.5 Å². The van der Waals surface area contributed by atoms with E-state index in [-0.39, 0.29) is 0 Å². The Labute approximate surface area is 153 Å². The molecule has 0 radical (unpaired) electrons. The summed E-state index contributed by atoms with van der Waals surface area (Å²) in [5.74, 6) is 0. The molecule has 3 heterocycles. The van der Waals surface area contributed by atoms with Crippen LogP contribution in [-0.4, -0.2) is 35.4 Å². The third-order valence-corrected chi connectivity index (χ3v) is 6.74. The van der Waals surface area contributed by atoms with Crippen molar-refractivity contribution in [2.75, 3.05) is 13.1 Å². The second-order valence-corrected chi connectivity index (χ2v) is 8.63. The molecule has 0 saturated carbocycles. The number of pyridine rings is 1. The van der Waals surface area contributed by atoms with Crippen LogP contribution in [0.15, 0.2) is 59.8 Å². The van der Waals surface area contributed by atoms with E-state index in [4.69, 9.17) is 0 Å². The molecule has 0 saturated heterocycles. The minimum atomic E-state index is -3.46. The van der Waals surface area contributed by atoms with Crippen molar-refractivity contribution in [2.24, 2.45) is 7.05 Å². The number of benzene rings is 1. The van der Waals surface area contributed by atoms with Gasteiger partial charge in [0.05, 0.1) is 4.90 Å². The Hall–Kier alpha value is -2.44. The van der Waals surface area contributed by atoms with E-state index in [1.807, 2.05) is 36.7 Å². The number of nitrogens with zero attached hydrogens (tertiary/aromatic N) is 3. The molecule has 2 aromatic heterocycles. The lowest BCUT2D eigenvalue weighted by atomic mass is 10.0. The van der Waals surface area contributed by atoms with Crippen molar-refractivity contribution >= 4 is 26.6 Å². The second kappa shape index (κ2) is 6.37. The number of hydrogen-bond donors (Lipinski definition) is 0. The first-order valence-corrected chi connectivity index (χ1v) is 10.1. The molecule has 0 aliphatic carbocycles. The van der Waals surface area contributed by atoms with Gasteiger partial charge in [-0.3, -0.25) is 0 Å². The highest BCUT2D eigenvalue weighted by molar-refractivity contribution is 7.89.